The van der Waals surface area contributed by atoms with Crippen LogP contribution in [0, 0.1) is 18.3 Å². The van der Waals surface area contributed by atoms with Gasteiger partial charge in [0.25, 0.3) is 0 Å². The molecular weight excluding hydrogens is 233 g/mol. The van der Waals surface area contributed by atoms with Crippen LogP contribution in [0.15, 0.2) is 0 Å². The van der Waals surface area contributed by atoms with E-state index in [9.17, 15) is 13.2 Å². The molecule has 0 saturated heterocycles. The van der Waals surface area contributed by atoms with Gasteiger partial charge in [-0.15, -0.1) is 0 Å². The summed E-state index contributed by atoms with van der Waals surface area (Å²) < 4.78 is 37.7. The fraction of sp³-hybridized carbons (Fsp3) is 0.600. The highest BCUT2D eigenvalue weighted by atomic mass is 19.4. The van der Waals surface area contributed by atoms with Crippen LogP contribution in [0.3, 0.4) is 0 Å². The van der Waals surface area contributed by atoms with Gasteiger partial charge in [-0.25, -0.2) is 0 Å². The van der Waals surface area contributed by atoms with Crippen LogP contribution < -0.4 is 4.90 Å². The number of hydrogen-bond acceptors (Lipinski definition) is 3. The summed E-state index contributed by atoms with van der Waals surface area (Å²) in [5.74, 6) is 0.411. The average Bonchev–Trinajstić information content (AvgIpc) is 2.48. The van der Waals surface area contributed by atoms with Crippen LogP contribution in [-0.4, -0.2) is 29.5 Å². The highest BCUT2D eigenvalue weighted by Gasteiger charge is 2.28. The van der Waals surface area contributed by atoms with E-state index >= 15 is 0 Å². The predicted molar refractivity (Wildman–Crippen MR) is 56.6 cm³/mol. The molecule has 0 aliphatic heterocycles. The summed E-state index contributed by atoms with van der Waals surface area (Å²) >= 11 is 0. The molecule has 0 bridgehead atoms. The van der Waals surface area contributed by atoms with Crippen molar-refractivity contribution in [2.45, 2.75) is 19.5 Å². The summed E-state index contributed by atoms with van der Waals surface area (Å²) in [6.45, 7) is 1.46. The fourth-order valence-corrected chi connectivity index (χ4v) is 1.62. The SMILES string of the molecule is Cc1nn(C)c(N(C)CCC(F)(F)F)c1C#N. The Morgan fingerprint density at radius 3 is 2.53 bits per heavy atom. The highest BCUT2D eigenvalue weighted by Crippen LogP contribution is 2.24. The molecule has 7 heteroatoms. The van der Waals surface area contributed by atoms with Crippen LogP contribution in [0.5, 0.6) is 0 Å². The standard InChI is InChI=1S/C10H13F3N4/c1-7-8(6-14)9(17(3)15-7)16(2)5-4-10(11,12)13/h4-5H2,1-3H3. The number of alkyl halides is 3. The number of hydrogen-bond donors (Lipinski definition) is 0. The highest BCUT2D eigenvalue weighted by molar-refractivity contribution is 5.56. The molecule has 4 nitrogen and oxygen atoms in total. The van der Waals surface area contributed by atoms with Crippen molar-refractivity contribution in [2.24, 2.45) is 7.05 Å². The van der Waals surface area contributed by atoms with Crippen LogP contribution >= 0.6 is 0 Å². The van der Waals surface area contributed by atoms with Gasteiger partial charge in [0.15, 0.2) is 0 Å². The van der Waals surface area contributed by atoms with E-state index in [1.165, 1.54) is 16.6 Å². The van der Waals surface area contributed by atoms with Crippen LogP contribution in [0.25, 0.3) is 0 Å². The van der Waals surface area contributed by atoms with E-state index in [1.807, 2.05) is 6.07 Å². The summed E-state index contributed by atoms with van der Waals surface area (Å²) in [5.41, 5.74) is 0.834. The van der Waals surface area contributed by atoms with Crippen molar-refractivity contribution in [3.05, 3.63) is 11.3 Å². The molecule has 0 fully saturated rings. The molecule has 0 aliphatic carbocycles. The van der Waals surface area contributed by atoms with E-state index in [2.05, 4.69) is 5.10 Å². The monoisotopic (exact) mass is 246 g/mol. The molecule has 17 heavy (non-hydrogen) atoms. The van der Waals surface area contributed by atoms with Gasteiger partial charge in [-0.1, -0.05) is 0 Å². The summed E-state index contributed by atoms with van der Waals surface area (Å²) in [6.07, 6.45) is -5.12. The van der Waals surface area contributed by atoms with Gasteiger partial charge < -0.3 is 4.90 Å². The Balaban J connectivity index is 2.90. The van der Waals surface area contributed by atoms with E-state index < -0.39 is 12.6 Å². The zero-order valence-corrected chi connectivity index (χ0v) is 9.84. The number of aromatic nitrogens is 2. The topological polar surface area (TPSA) is 44.9 Å². The minimum atomic E-state index is -4.20. The van der Waals surface area contributed by atoms with Crippen molar-refractivity contribution < 1.29 is 13.2 Å². The molecule has 0 unspecified atom stereocenters. The van der Waals surface area contributed by atoms with Gasteiger partial charge in [-0.05, 0) is 6.92 Å². The lowest BCUT2D eigenvalue weighted by atomic mass is 10.2. The first kappa shape index (κ1) is 13.4. The Hall–Kier alpha value is -1.71. The molecule has 0 aromatic carbocycles. The minimum Gasteiger partial charge on any atom is -0.358 e. The van der Waals surface area contributed by atoms with Crippen molar-refractivity contribution in [1.82, 2.24) is 9.78 Å². The van der Waals surface area contributed by atoms with E-state index in [4.69, 9.17) is 5.26 Å². The molecule has 1 aromatic heterocycles. The van der Waals surface area contributed by atoms with E-state index in [0.717, 1.165) is 0 Å². The number of anilines is 1. The Morgan fingerprint density at radius 2 is 2.06 bits per heavy atom. The van der Waals surface area contributed by atoms with Gasteiger partial charge in [0.2, 0.25) is 0 Å². The van der Waals surface area contributed by atoms with Crippen LogP contribution in [-0.2, 0) is 7.05 Å². The molecule has 1 heterocycles. The van der Waals surface area contributed by atoms with E-state index in [-0.39, 0.29) is 6.54 Å². The van der Waals surface area contributed by atoms with Crippen LogP contribution in [0.2, 0.25) is 0 Å². The number of halogens is 3. The quantitative estimate of drug-likeness (QED) is 0.819. The number of rotatable bonds is 3. The predicted octanol–water partition coefficient (Wildman–Crippen LogP) is 1.99. The fourth-order valence-electron chi connectivity index (χ4n) is 1.62. The number of nitriles is 1. The van der Waals surface area contributed by atoms with Crippen molar-refractivity contribution in [3.8, 4) is 6.07 Å². The summed E-state index contributed by atoms with van der Waals surface area (Å²) in [7, 11) is 3.12. The summed E-state index contributed by atoms with van der Waals surface area (Å²) in [6, 6.07) is 1.96. The summed E-state index contributed by atoms with van der Waals surface area (Å²) in [4.78, 5) is 1.39. The van der Waals surface area contributed by atoms with Crippen molar-refractivity contribution in [1.29, 1.82) is 5.26 Å². The van der Waals surface area contributed by atoms with Gasteiger partial charge in [0.1, 0.15) is 17.5 Å². The maximum atomic E-state index is 12.1. The van der Waals surface area contributed by atoms with E-state index in [0.29, 0.717) is 17.1 Å². The second kappa shape index (κ2) is 4.65. The van der Waals surface area contributed by atoms with Gasteiger partial charge in [0.05, 0.1) is 12.1 Å². The largest absolute Gasteiger partial charge is 0.390 e. The first-order valence-electron chi connectivity index (χ1n) is 4.98. The summed E-state index contributed by atoms with van der Waals surface area (Å²) in [5, 5.41) is 13.0. The lowest BCUT2D eigenvalue weighted by molar-refractivity contribution is -0.132. The van der Waals surface area contributed by atoms with Gasteiger partial charge >= 0.3 is 6.18 Å². The maximum absolute atomic E-state index is 12.1. The second-order valence-corrected chi connectivity index (χ2v) is 3.81. The molecule has 94 valence electrons. The Kier molecular flexibility index (Phi) is 3.66. The van der Waals surface area contributed by atoms with Crippen LogP contribution in [0.1, 0.15) is 17.7 Å². The van der Waals surface area contributed by atoms with Crippen LogP contribution in [0.4, 0.5) is 19.0 Å². The average molecular weight is 246 g/mol. The first-order valence-corrected chi connectivity index (χ1v) is 4.98. The van der Waals surface area contributed by atoms with E-state index in [1.54, 1.807) is 14.0 Å². The molecule has 1 rings (SSSR count). The molecule has 0 aliphatic rings. The zero-order chi connectivity index (χ0) is 13.2. The third-order valence-corrected chi connectivity index (χ3v) is 2.40. The van der Waals surface area contributed by atoms with Crippen molar-refractivity contribution in [3.63, 3.8) is 0 Å². The Labute approximate surface area is 97.2 Å². The minimum absolute atomic E-state index is 0.197. The third-order valence-electron chi connectivity index (χ3n) is 2.40. The Morgan fingerprint density at radius 1 is 1.47 bits per heavy atom. The Bertz CT molecular complexity index is 442. The molecule has 0 atom stereocenters. The second-order valence-electron chi connectivity index (χ2n) is 3.81. The van der Waals surface area contributed by atoms with Gasteiger partial charge in [-0.3, -0.25) is 4.68 Å². The van der Waals surface area contributed by atoms with Crippen molar-refractivity contribution in [2.75, 3.05) is 18.5 Å². The normalized spacial score (nSPS) is 11.4. The number of aryl methyl sites for hydroxylation is 2. The smallest absolute Gasteiger partial charge is 0.358 e. The first-order chi connectivity index (χ1) is 7.76. The lowest BCUT2D eigenvalue weighted by Gasteiger charge is -2.20. The zero-order valence-electron chi connectivity index (χ0n) is 9.84. The molecule has 0 N–H and O–H groups in total. The molecule has 0 amide bonds. The molecule has 1 aromatic rings. The lowest BCUT2D eigenvalue weighted by Crippen LogP contribution is -2.26. The molecule has 0 saturated carbocycles. The number of nitrogens with zero attached hydrogens (tertiary/aromatic N) is 4. The third kappa shape index (κ3) is 3.12. The molecular formula is C10H13F3N4. The maximum Gasteiger partial charge on any atom is 0.390 e. The van der Waals surface area contributed by atoms with Gasteiger partial charge in [0, 0.05) is 20.6 Å². The molecule has 0 radical (unpaired) electrons. The van der Waals surface area contributed by atoms with Crippen molar-refractivity contribution >= 4 is 5.82 Å². The molecule has 0 spiro atoms. The van der Waals surface area contributed by atoms with Gasteiger partial charge in [-0.2, -0.15) is 23.5 Å².